The Hall–Kier alpha value is -2.67. The number of benzene rings is 2. The first-order chi connectivity index (χ1) is 11.5. The zero-order valence-electron chi connectivity index (χ0n) is 13.1. The molecule has 0 saturated heterocycles. The van der Waals surface area contributed by atoms with Gasteiger partial charge in [-0.05, 0) is 36.8 Å². The Balaban J connectivity index is 1.88. The molecule has 0 radical (unpaired) electrons. The van der Waals surface area contributed by atoms with Crippen LogP contribution in [-0.2, 0) is 0 Å². The van der Waals surface area contributed by atoms with Gasteiger partial charge in [0.2, 0.25) is 0 Å². The van der Waals surface area contributed by atoms with Crippen LogP contribution in [0.2, 0.25) is 0 Å². The summed E-state index contributed by atoms with van der Waals surface area (Å²) in [5.41, 5.74) is 0.702. The average Bonchev–Trinajstić information content (AvgIpc) is 2.56. The van der Waals surface area contributed by atoms with E-state index in [4.69, 9.17) is 4.74 Å². The van der Waals surface area contributed by atoms with Crippen LogP contribution in [0.15, 0.2) is 42.5 Å². The first-order valence-electron chi connectivity index (χ1n) is 7.40. The molecule has 5 nitrogen and oxygen atoms in total. The Morgan fingerprint density at radius 2 is 2.00 bits per heavy atom. The van der Waals surface area contributed by atoms with E-state index in [9.17, 15) is 18.7 Å². The van der Waals surface area contributed by atoms with Crippen molar-refractivity contribution in [3.8, 4) is 5.75 Å². The molecule has 2 aromatic rings. The Labute approximate surface area is 138 Å². The van der Waals surface area contributed by atoms with E-state index < -0.39 is 23.8 Å². The molecular weight excluding hydrogens is 318 g/mol. The molecule has 0 aromatic heterocycles. The molecule has 0 aliphatic carbocycles. The monoisotopic (exact) mass is 336 g/mol. The first kappa shape index (κ1) is 17.7. The highest BCUT2D eigenvalue weighted by Crippen LogP contribution is 2.18. The Bertz CT molecular complexity index is 710. The van der Waals surface area contributed by atoms with E-state index in [-0.39, 0.29) is 12.1 Å². The van der Waals surface area contributed by atoms with Crippen LogP contribution < -0.4 is 15.4 Å². The van der Waals surface area contributed by atoms with Gasteiger partial charge in [-0.3, -0.25) is 0 Å². The summed E-state index contributed by atoms with van der Waals surface area (Å²) in [7, 11) is 0. The number of aliphatic hydroxyl groups is 1. The highest BCUT2D eigenvalue weighted by Gasteiger charge is 2.12. The molecule has 24 heavy (non-hydrogen) atoms. The predicted octanol–water partition coefficient (Wildman–Crippen LogP) is 3.22. The van der Waals surface area contributed by atoms with Gasteiger partial charge in [0.15, 0.2) is 11.6 Å². The van der Waals surface area contributed by atoms with Gasteiger partial charge in [0.25, 0.3) is 0 Å². The van der Waals surface area contributed by atoms with Crippen LogP contribution in [0.5, 0.6) is 5.75 Å². The quantitative estimate of drug-likeness (QED) is 0.758. The van der Waals surface area contributed by atoms with Crippen LogP contribution in [0.3, 0.4) is 0 Å². The second kappa shape index (κ2) is 8.26. The molecule has 0 spiro atoms. The molecule has 2 aromatic carbocycles. The summed E-state index contributed by atoms with van der Waals surface area (Å²) >= 11 is 0. The summed E-state index contributed by atoms with van der Waals surface area (Å²) < 4.78 is 31.3. The van der Waals surface area contributed by atoms with Crippen LogP contribution >= 0.6 is 0 Å². The zero-order chi connectivity index (χ0) is 17.5. The lowest BCUT2D eigenvalue weighted by molar-refractivity contribution is 0.174. The van der Waals surface area contributed by atoms with E-state index in [1.807, 2.05) is 6.92 Å². The summed E-state index contributed by atoms with van der Waals surface area (Å²) in [6, 6.07) is 9.39. The lowest BCUT2D eigenvalue weighted by Crippen LogP contribution is -2.32. The Morgan fingerprint density at radius 1 is 1.21 bits per heavy atom. The molecule has 0 bridgehead atoms. The Morgan fingerprint density at radius 3 is 2.71 bits per heavy atom. The lowest BCUT2D eigenvalue weighted by atomic mass is 10.1. The van der Waals surface area contributed by atoms with Crippen molar-refractivity contribution in [1.82, 2.24) is 5.32 Å². The summed E-state index contributed by atoms with van der Waals surface area (Å²) in [5, 5.41) is 15.0. The topological polar surface area (TPSA) is 70.6 Å². The van der Waals surface area contributed by atoms with Gasteiger partial charge in [-0.25, -0.2) is 13.6 Å². The van der Waals surface area contributed by atoms with Crippen molar-refractivity contribution in [2.24, 2.45) is 0 Å². The van der Waals surface area contributed by atoms with Gasteiger partial charge in [0.05, 0.1) is 12.7 Å². The highest BCUT2D eigenvalue weighted by atomic mass is 19.2. The minimum atomic E-state index is -1.15. The molecule has 0 aliphatic heterocycles. The number of carbonyl (C=O) groups is 1. The van der Waals surface area contributed by atoms with Crippen LogP contribution in [0.4, 0.5) is 19.3 Å². The van der Waals surface area contributed by atoms with Crippen molar-refractivity contribution in [2.45, 2.75) is 13.0 Å². The largest absolute Gasteiger partial charge is 0.494 e. The van der Waals surface area contributed by atoms with E-state index in [2.05, 4.69) is 10.6 Å². The van der Waals surface area contributed by atoms with Gasteiger partial charge in [0.1, 0.15) is 5.75 Å². The predicted molar refractivity (Wildman–Crippen MR) is 86.0 cm³/mol. The molecule has 1 unspecified atom stereocenters. The summed E-state index contributed by atoms with van der Waals surface area (Å²) in [6.45, 7) is 2.21. The summed E-state index contributed by atoms with van der Waals surface area (Å²) in [4.78, 5) is 11.8. The molecule has 0 saturated carbocycles. The number of rotatable bonds is 6. The third-order valence-electron chi connectivity index (χ3n) is 3.19. The summed E-state index contributed by atoms with van der Waals surface area (Å²) in [5.74, 6) is -1.42. The van der Waals surface area contributed by atoms with Crippen LogP contribution in [0.1, 0.15) is 18.6 Å². The van der Waals surface area contributed by atoms with Crippen LogP contribution in [0.25, 0.3) is 0 Å². The molecule has 1 atom stereocenters. The fourth-order valence-corrected chi connectivity index (χ4v) is 2.03. The molecule has 7 heteroatoms. The first-order valence-corrected chi connectivity index (χ1v) is 7.40. The zero-order valence-corrected chi connectivity index (χ0v) is 13.1. The number of aliphatic hydroxyl groups excluding tert-OH is 1. The van der Waals surface area contributed by atoms with E-state index in [1.54, 1.807) is 24.3 Å². The summed E-state index contributed by atoms with van der Waals surface area (Å²) in [6.07, 6.45) is -1.15. The Kier molecular flexibility index (Phi) is 6.08. The van der Waals surface area contributed by atoms with Crippen molar-refractivity contribution >= 4 is 11.7 Å². The standard InChI is InChI=1S/C17H18F2N2O3/c1-2-24-13-5-3-4-12(9-13)21-17(23)20-10-16(22)11-6-7-14(18)15(19)8-11/h3-9,16,22H,2,10H2,1H3,(H2,20,21,23). The molecule has 0 fully saturated rings. The van der Waals surface area contributed by atoms with Crippen molar-refractivity contribution < 1.29 is 23.4 Å². The van der Waals surface area contributed by atoms with Crippen molar-refractivity contribution in [2.75, 3.05) is 18.5 Å². The van der Waals surface area contributed by atoms with E-state index in [0.29, 0.717) is 18.0 Å². The number of hydrogen-bond donors (Lipinski definition) is 3. The smallest absolute Gasteiger partial charge is 0.319 e. The number of amides is 2. The maximum atomic E-state index is 13.1. The second-order valence-electron chi connectivity index (χ2n) is 4.99. The van der Waals surface area contributed by atoms with Crippen molar-refractivity contribution in [3.05, 3.63) is 59.7 Å². The second-order valence-corrected chi connectivity index (χ2v) is 4.99. The van der Waals surface area contributed by atoms with Gasteiger partial charge in [-0.2, -0.15) is 0 Å². The number of urea groups is 1. The van der Waals surface area contributed by atoms with Gasteiger partial charge < -0.3 is 20.5 Å². The number of ether oxygens (including phenoxy) is 1. The minimum Gasteiger partial charge on any atom is -0.494 e. The number of carbonyl (C=O) groups excluding carboxylic acids is 1. The van der Waals surface area contributed by atoms with Crippen molar-refractivity contribution in [3.63, 3.8) is 0 Å². The van der Waals surface area contributed by atoms with Gasteiger partial charge >= 0.3 is 6.03 Å². The molecule has 3 N–H and O–H groups in total. The maximum absolute atomic E-state index is 13.1. The van der Waals surface area contributed by atoms with Gasteiger partial charge in [-0.15, -0.1) is 0 Å². The van der Waals surface area contributed by atoms with Crippen LogP contribution in [-0.4, -0.2) is 24.3 Å². The fraction of sp³-hybridized carbons (Fsp3) is 0.235. The number of anilines is 1. The highest BCUT2D eigenvalue weighted by molar-refractivity contribution is 5.89. The molecule has 0 heterocycles. The number of hydrogen-bond acceptors (Lipinski definition) is 3. The maximum Gasteiger partial charge on any atom is 0.319 e. The third kappa shape index (κ3) is 4.92. The average molecular weight is 336 g/mol. The molecule has 0 aliphatic rings. The third-order valence-corrected chi connectivity index (χ3v) is 3.19. The van der Waals surface area contributed by atoms with E-state index >= 15 is 0 Å². The molecule has 128 valence electrons. The van der Waals surface area contributed by atoms with Gasteiger partial charge in [0, 0.05) is 18.3 Å². The SMILES string of the molecule is CCOc1cccc(NC(=O)NCC(O)c2ccc(F)c(F)c2)c1. The normalized spacial score (nSPS) is 11.7. The number of nitrogens with one attached hydrogen (secondary N) is 2. The van der Waals surface area contributed by atoms with E-state index in [0.717, 1.165) is 12.1 Å². The van der Waals surface area contributed by atoms with Gasteiger partial charge in [-0.1, -0.05) is 12.1 Å². The van der Waals surface area contributed by atoms with Crippen molar-refractivity contribution in [1.29, 1.82) is 0 Å². The minimum absolute atomic E-state index is 0.151. The van der Waals surface area contributed by atoms with E-state index in [1.165, 1.54) is 6.07 Å². The fourth-order valence-electron chi connectivity index (χ4n) is 2.03. The molecule has 2 rings (SSSR count). The molecular formula is C17H18F2N2O3. The van der Waals surface area contributed by atoms with Crippen LogP contribution in [0, 0.1) is 11.6 Å². The molecule has 2 amide bonds. The number of halogens is 2. The lowest BCUT2D eigenvalue weighted by Gasteiger charge is -2.13.